The summed E-state index contributed by atoms with van der Waals surface area (Å²) in [7, 11) is -0.0224. The van der Waals surface area contributed by atoms with Crippen LogP contribution in [0.1, 0.15) is 5.56 Å². The van der Waals surface area contributed by atoms with Gasteiger partial charge < -0.3 is 14.2 Å². The molecule has 0 amide bonds. The van der Waals surface area contributed by atoms with E-state index >= 15 is 0 Å². The molecule has 0 aliphatic rings. The number of methoxy groups -OCH3 is 2. The molecule has 2 aromatic heterocycles. The van der Waals surface area contributed by atoms with E-state index in [1.807, 2.05) is 24.3 Å². The van der Waals surface area contributed by atoms with Gasteiger partial charge in [-0.05, 0) is 41.8 Å². The molecule has 0 spiro atoms. The Morgan fingerprint density at radius 1 is 0.917 bits per heavy atom. The maximum atomic E-state index is 13.4. The highest BCUT2D eigenvalue weighted by atomic mass is 35.5. The van der Waals surface area contributed by atoms with Crippen LogP contribution < -0.4 is 23.7 Å². The van der Waals surface area contributed by atoms with Gasteiger partial charge in [0, 0.05) is 18.9 Å². The fourth-order valence-electron chi connectivity index (χ4n) is 3.05. The predicted molar refractivity (Wildman–Crippen MR) is 140 cm³/mol. The first-order valence-corrected chi connectivity index (χ1v) is 12.7. The summed E-state index contributed by atoms with van der Waals surface area (Å²) in [5, 5.41) is -0.0498. The molecule has 36 heavy (non-hydrogen) atoms. The van der Waals surface area contributed by atoms with E-state index in [9.17, 15) is 4.21 Å². The van der Waals surface area contributed by atoms with Gasteiger partial charge in [0.15, 0.2) is 28.3 Å². The molecule has 4 rings (SSSR count). The summed E-state index contributed by atoms with van der Waals surface area (Å²) in [5.41, 5.74) is 0.874. The van der Waals surface area contributed by atoms with Crippen LogP contribution in [0.4, 0.5) is 5.82 Å². The number of anilines is 1. The van der Waals surface area contributed by atoms with Gasteiger partial charge in [-0.15, -0.1) is 0 Å². The first-order valence-electron chi connectivity index (χ1n) is 10.6. The van der Waals surface area contributed by atoms with Gasteiger partial charge >= 0.3 is 0 Å². The summed E-state index contributed by atoms with van der Waals surface area (Å²) in [5.74, 6) is 5.74. The van der Waals surface area contributed by atoms with Gasteiger partial charge in [0.05, 0.1) is 14.2 Å². The molecule has 2 aromatic carbocycles. The van der Waals surface area contributed by atoms with Crippen LogP contribution in [0.2, 0.25) is 5.15 Å². The van der Waals surface area contributed by atoms with Crippen molar-refractivity contribution in [3.05, 3.63) is 77.7 Å². The fourth-order valence-corrected chi connectivity index (χ4v) is 4.18. The summed E-state index contributed by atoms with van der Waals surface area (Å²) in [4.78, 5) is 17.0. The predicted octanol–water partition coefficient (Wildman–Crippen LogP) is 4.14. The Kier molecular flexibility index (Phi) is 7.84. The lowest BCUT2D eigenvalue weighted by atomic mass is 10.2. The van der Waals surface area contributed by atoms with Gasteiger partial charge in [-0.2, -0.15) is 0 Å². The second-order valence-corrected chi connectivity index (χ2v) is 9.49. The van der Waals surface area contributed by atoms with Crippen LogP contribution in [0.3, 0.4) is 0 Å². The molecule has 4 aromatic rings. The fraction of sp³-hybridized carbons (Fsp3) is 0.125. The Morgan fingerprint density at radius 2 is 1.61 bits per heavy atom. The van der Waals surface area contributed by atoms with Crippen LogP contribution >= 0.6 is 11.6 Å². The standard InChI is InChI=1S/C24H23ClN6O4S/c1-33-17-11-9-16(10-12-17)15-28-36(3,32)31-22-20(35-19-8-5-4-7-18(19)34-2)21(25)29-24(30-22)23-26-13-6-14-27-23/h4-14H,3,15H2,1-2H3,(H2,28,29,30,31,32). The number of hydrogen-bond acceptors (Lipinski definition) is 8. The van der Waals surface area contributed by atoms with Gasteiger partial charge in [0.25, 0.3) is 0 Å². The Hall–Kier alpha value is -3.93. The third-order valence-corrected chi connectivity index (χ3v) is 6.19. The molecule has 10 nitrogen and oxygen atoms in total. The van der Waals surface area contributed by atoms with Crippen molar-refractivity contribution in [1.29, 1.82) is 0 Å². The smallest absolute Gasteiger partial charge is 0.208 e. The lowest BCUT2D eigenvalue weighted by molar-refractivity contribution is 0.378. The third kappa shape index (κ3) is 6.19. The minimum Gasteiger partial charge on any atom is -0.497 e. The second kappa shape index (κ2) is 11.2. The number of hydrogen-bond donors (Lipinski definition) is 2. The van der Waals surface area contributed by atoms with Gasteiger partial charge in [-0.1, -0.05) is 35.9 Å². The average molecular weight is 527 g/mol. The van der Waals surface area contributed by atoms with Crippen molar-refractivity contribution >= 4 is 33.2 Å². The van der Waals surface area contributed by atoms with E-state index in [1.54, 1.807) is 49.8 Å². The summed E-state index contributed by atoms with van der Waals surface area (Å²) >= 11 is 6.50. The normalized spacial score (nSPS) is 12.4. The molecule has 0 aliphatic carbocycles. The zero-order valence-electron chi connectivity index (χ0n) is 19.5. The van der Waals surface area contributed by atoms with Crippen LogP contribution in [0, 0.1) is 0 Å². The van der Waals surface area contributed by atoms with Gasteiger partial charge in [0.2, 0.25) is 11.6 Å². The Balaban J connectivity index is 1.66. The van der Waals surface area contributed by atoms with E-state index in [1.165, 1.54) is 7.11 Å². The highest BCUT2D eigenvalue weighted by Gasteiger charge is 2.21. The minimum absolute atomic E-state index is 0.0310. The Morgan fingerprint density at radius 3 is 2.28 bits per heavy atom. The van der Waals surface area contributed by atoms with Crippen molar-refractivity contribution in [2.24, 2.45) is 0 Å². The molecule has 0 radical (unpaired) electrons. The zero-order chi connectivity index (χ0) is 25.5. The van der Waals surface area contributed by atoms with E-state index in [-0.39, 0.29) is 34.9 Å². The topological polar surface area (TPSA) is 120 Å². The number of ether oxygens (including phenoxy) is 3. The summed E-state index contributed by atoms with van der Waals surface area (Å²) in [6.07, 6.45) is 3.10. The number of halogens is 1. The number of para-hydroxylation sites is 2. The molecule has 186 valence electrons. The highest BCUT2D eigenvalue weighted by molar-refractivity contribution is 7.99. The first-order chi connectivity index (χ1) is 17.4. The van der Waals surface area contributed by atoms with E-state index in [2.05, 4.69) is 35.3 Å². The van der Waals surface area contributed by atoms with Crippen LogP contribution in [0.5, 0.6) is 23.0 Å². The molecule has 2 N–H and O–H groups in total. The lowest BCUT2D eigenvalue weighted by Crippen LogP contribution is -2.30. The molecular formula is C24H23ClN6O4S. The van der Waals surface area contributed by atoms with Crippen molar-refractivity contribution in [2.45, 2.75) is 6.54 Å². The number of benzene rings is 2. The Bertz CT molecular complexity index is 1440. The number of rotatable bonds is 10. The van der Waals surface area contributed by atoms with E-state index < -0.39 is 9.89 Å². The molecule has 2 heterocycles. The SMILES string of the molecule is C=S(=O)(NCc1ccc(OC)cc1)Nc1nc(-c2ncccn2)nc(Cl)c1Oc1ccccc1OC. The van der Waals surface area contributed by atoms with E-state index in [0.29, 0.717) is 11.5 Å². The van der Waals surface area contributed by atoms with Crippen molar-refractivity contribution in [3.63, 3.8) is 0 Å². The van der Waals surface area contributed by atoms with Crippen LogP contribution in [0.15, 0.2) is 67.0 Å². The maximum Gasteiger partial charge on any atom is 0.208 e. The highest BCUT2D eigenvalue weighted by Crippen LogP contribution is 2.39. The van der Waals surface area contributed by atoms with Crippen molar-refractivity contribution in [2.75, 3.05) is 18.9 Å². The molecule has 1 atom stereocenters. The van der Waals surface area contributed by atoms with Crippen molar-refractivity contribution in [3.8, 4) is 34.6 Å². The summed E-state index contributed by atoms with van der Waals surface area (Å²) < 4.78 is 35.6. The lowest BCUT2D eigenvalue weighted by Gasteiger charge is -2.18. The largest absolute Gasteiger partial charge is 0.497 e. The van der Waals surface area contributed by atoms with Gasteiger partial charge in [-0.3, -0.25) is 4.72 Å². The van der Waals surface area contributed by atoms with Gasteiger partial charge in [-0.25, -0.2) is 28.9 Å². The first kappa shape index (κ1) is 25.2. The number of aromatic nitrogens is 4. The summed E-state index contributed by atoms with van der Waals surface area (Å²) in [6.45, 7) is 0.259. The molecule has 0 fully saturated rings. The van der Waals surface area contributed by atoms with Gasteiger partial charge in [0.1, 0.15) is 15.6 Å². The zero-order valence-corrected chi connectivity index (χ0v) is 21.0. The van der Waals surface area contributed by atoms with E-state index in [4.69, 9.17) is 25.8 Å². The quantitative estimate of drug-likeness (QED) is 0.233. The number of nitrogens with one attached hydrogen (secondary N) is 2. The molecule has 0 aliphatic heterocycles. The van der Waals surface area contributed by atoms with E-state index in [0.717, 1.165) is 11.3 Å². The molecule has 0 saturated carbocycles. The average Bonchev–Trinajstić information content (AvgIpc) is 2.90. The molecule has 0 bridgehead atoms. The van der Waals surface area contributed by atoms with Crippen LogP contribution in [0.25, 0.3) is 11.6 Å². The third-order valence-electron chi connectivity index (χ3n) is 4.80. The summed E-state index contributed by atoms with van der Waals surface area (Å²) in [6, 6.07) is 16.0. The molecule has 0 saturated heterocycles. The molecule has 12 heteroatoms. The minimum atomic E-state index is -3.13. The Labute approximate surface area is 214 Å². The molecule has 1 unspecified atom stereocenters. The van der Waals surface area contributed by atoms with Crippen molar-refractivity contribution in [1.82, 2.24) is 24.7 Å². The molecular weight excluding hydrogens is 504 g/mol. The monoisotopic (exact) mass is 526 g/mol. The van der Waals surface area contributed by atoms with Crippen LogP contribution in [-0.4, -0.2) is 44.2 Å². The van der Waals surface area contributed by atoms with Crippen LogP contribution in [-0.2, 0) is 16.4 Å². The number of nitrogens with zero attached hydrogens (tertiary/aromatic N) is 4. The second-order valence-electron chi connectivity index (χ2n) is 7.29. The maximum absolute atomic E-state index is 13.4. The van der Waals surface area contributed by atoms with Crippen molar-refractivity contribution < 1.29 is 18.4 Å².